The Bertz CT molecular complexity index is 823. The highest BCUT2D eigenvalue weighted by Gasteiger charge is 2.37. The Labute approximate surface area is 167 Å². The highest BCUT2D eigenvalue weighted by Crippen LogP contribution is 2.29. The van der Waals surface area contributed by atoms with Gasteiger partial charge in [0.2, 0.25) is 0 Å². The lowest BCUT2D eigenvalue weighted by Crippen LogP contribution is -2.47. The summed E-state index contributed by atoms with van der Waals surface area (Å²) in [5.74, 6) is 1.40. The van der Waals surface area contributed by atoms with E-state index in [-0.39, 0.29) is 5.91 Å². The molecule has 4 heterocycles. The summed E-state index contributed by atoms with van der Waals surface area (Å²) in [6.07, 6.45) is 6.33. The average molecular weight is 379 g/mol. The molecule has 0 saturated carbocycles. The largest absolute Gasteiger partial charge is 0.334 e. The van der Waals surface area contributed by atoms with Crippen LogP contribution in [0.15, 0.2) is 36.5 Å². The van der Waals surface area contributed by atoms with Gasteiger partial charge >= 0.3 is 0 Å². The highest BCUT2D eigenvalue weighted by atomic mass is 16.2. The molecule has 0 aliphatic carbocycles. The van der Waals surface area contributed by atoms with Gasteiger partial charge in [0, 0.05) is 31.9 Å². The third-order valence-electron chi connectivity index (χ3n) is 6.16. The number of amides is 1. The maximum Gasteiger partial charge on any atom is 0.257 e. The number of rotatable bonds is 5. The van der Waals surface area contributed by atoms with Crippen molar-refractivity contribution in [1.82, 2.24) is 19.8 Å². The SMILES string of the molecule is Cc1ncc(C(=O)N2C[C@H]3CC[C@@H]2CN(CCCc2ccccc2)C3)c(C)n1. The summed E-state index contributed by atoms with van der Waals surface area (Å²) in [5, 5.41) is 0. The topological polar surface area (TPSA) is 49.3 Å². The number of fused-ring (bicyclic) bond motifs is 4. The van der Waals surface area contributed by atoms with Crippen molar-refractivity contribution in [2.24, 2.45) is 5.92 Å². The Morgan fingerprint density at radius 1 is 1.11 bits per heavy atom. The van der Waals surface area contributed by atoms with Gasteiger partial charge in [-0.05, 0) is 57.6 Å². The Kier molecular flexibility index (Phi) is 5.72. The molecule has 28 heavy (non-hydrogen) atoms. The zero-order chi connectivity index (χ0) is 19.5. The molecule has 3 aliphatic rings. The fourth-order valence-corrected chi connectivity index (χ4v) is 4.71. The predicted molar refractivity (Wildman–Crippen MR) is 110 cm³/mol. The van der Waals surface area contributed by atoms with Crippen LogP contribution in [0.5, 0.6) is 0 Å². The number of hydrogen-bond acceptors (Lipinski definition) is 4. The van der Waals surface area contributed by atoms with Crippen LogP contribution in [-0.2, 0) is 6.42 Å². The van der Waals surface area contributed by atoms with E-state index in [9.17, 15) is 4.79 Å². The summed E-state index contributed by atoms with van der Waals surface area (Å²) in [6, 6.07) is 11.0. The summed E-state index contributed by atoms with van der Waals surface area (Å²) in [6.45, 7) is 7.85. The molecule has 2 atom stereocenters. The van der Waals surface area contributed by atoms with Crippen molar-refractivity contribution in [3.8, 4) is 0 Å². The number of benzene rings is 1. The van der Waals surface area contributed by atoms with Gasteiger partial charge in [-0.25, -0.2) is 9.97 Å². The molecular formula is C23H30N4O. The lowest BCUT2D eigenvalue weighted by atomic mass is 9.94. The zero-order valence-electron chi connectivity index (χ0n) is 17.0. The van der Waals surface area contributed by atoms with Crippen molar-refractivity contribution in [2.45, 2.75) is 45.6 Å². The molecule has 0 unspecified atom stereocenters. The Hall–Kier alpha value is -2.27. The van der Waals surface area contributed by atoms with Gasteiger partial charge in [0.05, 0.1) is 11.3 Å². The molecule has 1 aromatic carbocycles. The summed E-state index contributed by atoms with van der Waals surface area (Å²) in [7, 11) is 0. The molecule has 0 spiro atoms. The number of carbonyl (C=O) groups is 1. The maximum absolute atomic E-state index is 13.2. The van der Waals surface area contributed by atoms with Crippen LogP contribution in [0.1, 0.15) is 46.7 Å². The second-order valence-electron chi connectivity index (χ2n) is 8.32. The standard InChI is InChI=1S/C23H30N4O/c1-17-22(13-24-18(2)25-17)23(28)27-15-20-10-11-21(27)16-26(14-20)12-6-9-19-7-4-3-5-8-19/h3-5,7-8,13,20-21H,6,9-12,14-16H2,1-2H3/t20-,21+/m0/s1. The van der Waals surface area contributed by atoms with E-state index in [4.69, 9.17) is 0 Å². The summed E-state index contributed by atoms with van der Waals surface area (Å²) in [4.78, 5) is 26.5. The second kappa shape index (κ2) is 8.39. The molecule has 2 aromatic rings. The first-order valence-electron chi connectivity index (χ1n) is 10.5. The first-order chi connectivity index (χ1) is 13.6. The number of carbonyl (C=O) groups excluding carboxylic acids is 1. The number of aromatic nitrogens is 2. The molecule has 5 nitrogen and oxygen atoms in total. The van der Waals surface area contributed by atoms with Gasteiger partial charge in [-0.3, -0.25) is 4.79 Å². The van der Waals surface area contributed by atoms with E-state index in [1.165, 1.54) is 18.4 Å². The van der Waals surface area contributed by atoms with Crippen molar-refractivity contribution in [3.63, 3.8) is 0 Å². The minimum Gasteiger partial charge on any atom is -0.334 e. The fraction of sp³-hybridized carbons (Fsp3) is 0.522. The highest BCUT2D eigenvalue weighted by molar-refractivity contribution is 5.95. The van der Waals surface area contributed by atoms with Gasteiger partial charge in [0.25, 0.3) is 5.91 Å². The van der Waals surface area contributed by atoms with E-state index < -0.39 is 0 Å². The predicted octanol–water partition coefficient (Wildman–Crippen LogP) is 3.26. The van der Waals surface area contributed by atoms with Gasteiger partial charge < -0.3 is 9.80 Å². The molecular weight excluding hydrogens is 348 g/mol. The third kappa shape index (κ3) is 4.25. The Morgan fingerprint density at radius 3 is 2.71 bits per heavy atom. The number of nitrogens with zero attached hydrogens (tertiary/aromatic N) is 4. The number of hydrogen-bond donors (Lipinski definition) is 0. The van der Waals surface area contributed by atoms with E-state index in [0.717, 1.165) is 50.5 Å². The molecule has 1 aromatic heterocycles. The molecule has 148 valence electrons. The molecule has 1 amide bonds. The minimum absolute atomic E-state index is 0.110. The summed E-state index contributed by atoms with van der Waals surface area (Å²) in [5.41, 5.74) is 2.86. The van der Waals surface area contributed by atoms with Crippen molar-refractivity contribution >= 4 is 5.91 Å². The van der Waals surface area contributed by atoms with Crippen LogP contribution in [0.4, 0.5) is 0 Å². The van der Waals surface area contributed by atoms with Gasteiger partial charge in [-0.15, -0.1) is 0 Å². The van der Waals surface area contributed by atoms with Crippen LogP contribution in [0.25, 0.3) is 0 Å². The zero-order valence-corrected chi connectivity index (χ0v) is 17.0. The minimum atomic E-state index is 0.110. The van der Waals surface area contributed by atoms with Crippen molar-refractivity contribution < 1.29 is 4.79 Å². The van der Waals surface area contributed by atoms with Crippen molar-refractivity contribution in [3.05, 3.63) is 59.2 Å². The van der Waals surface area contributed by atoms with Crippen molar-refractivity contribution in [1.29, 1.82) is 0 Å². The van der Waals surface area contributed by atoms with Crippen LogP contribution < -0.4 is 0 Å². The first-order valence-corrected chi connectivity index (χ1v) is 10.5. The quantitative estimate of drug-likeness (QED) is 0.801. The molecule has 3 saturated heterocycles. The summed E-state index contributed by atoms with van der Waals surface area (Å²) >= 11 is 0. The van der Waals surface area contributed by atoms with Crippen LogP contribution in [0, 0.1) is 19.8 Å². The van der Waals surface area contributed by atoms with Gasteiger partial charge in [0.15, 0.2) is 0 Å². The smallest absolute Gasteiger partial charge is 0.257 e. The molecule has 0 N–H and O–H groups in total. The van der Waals surface area contributed by atoms with E-state index >= 15 is 0 Å². The molecule has 3 fully saturated rings. The van der Waals surface area contributed by atoms with Gasteiger partial charge in [0.1, 0.15) is 5.82 Å². The molecule has 5 rings (SSSR count). The van der Waals surface area contributed by atoms with E-state index in [0.29, 0.717) is 17.5 Å². The van der Waals surface area contributed by atoms with Crippen LogP contribution in [0.3, 0.4) is 0 Å². The van der Waals surface area contributed by atoms with Crippen LogP contribution in [0.2, 0.25) is 0 Å². The molecule has 3 aliphatic heterocycles. The number of aryl methyl sites for hydroxylation is 3. The normalized spacial score (nSPS) is 22.3. The maximum atomic E-state index is 13.2. The van der Waals surface area contributed by atoms with E-state index in [1.54, 1.807) is 6.20 Å². The lowest BCUT2D eigenvalue weighted by Gasteiger charge is -2.36. The van der Waals surface area contributed by atoms with Gasteiger partial charge in [-0.1, -0.05) is 30.3 Å². The second-order valence-corrected chi connectivity index (χ2v) is 8.32. The van der Waals surface area contributed by atoms with E-state index in [1.807, 2.05) is 13.8 Å². The van der Waals surface area contributed by atoms with Crippen LogP contribution >= 0.6 is 0 Å². The Balaban J connectivity index is 1.39. The average Bonchev–Trinajstić information content (AvgIpc) is 2.99. The lowest BCUT2D eigenvalue weighted by molar-refractivity contribution is 0.0583. The molecule has 2 bridgehead atoms. The monoisotopic (exact) mass is 378 g/mol. The molecule has 0 radical (unpaired) electrons. The number of piperidine rings is 1. The summed E-state index contributed by atoms with van der Waals surface area (Å²) < 4.78 is 0. The van der Waals surface area contributed by atoms with E-state index in [2.05, 4.69) is 50.1 Å². The van der Waals surface area contributed by atoms with Crippen molar-refractivity contribution in [2.75, 3.05) is 26.2 Å². The fourth-order valence-electron chi connectivity index (χ4n) is 4.71. The third-order valence-corrected chi connectivity index (χ3v) is 6.16. The van der Waals surface area contributed by atoms with Crippen LogP contribution in [-0.4, -0.2) is 57.9 Å². The first kappa shape index (κ1) is 19.1. The van der Waals surface area contributed by atoms with Gasteiger partial charge in [-0.2, -0.15) is 0 Å². The Morgan fingerprint density at radius 2 is 1.93 bits per heavy atom. The molecule has 5 heteroatoms.